The van der Waals surface area contributed by atoms with Crippen LogP contribution < -0.4 is 21.5 Å². The predicted molar refractivity (Wildman–Crippen MR) is 56.2 cm³/mol. The van der Waals surface area contributed by atoms with Crippen molar-refractivity contribution in [3.8, 4) is 0 Å². The average Bonchev–Trinajstić information content (AvgIpc) is 2.10. The molecule has 2 amide bonds. The molecule has 0 aromatic heterocycles. The Labute approximate surface area is 83.6 Å². The highest BCUT2D eigenvalue weighted by Gasteiger charge is 2.00. The summed E-state index contributed by atoms with van der Waals surface area (Å²) in [6.07, 6.45) is 0. The van der Waals surface area contributed by atoms with E-state index in [1.807, 2.05) is 13.8 Å². The second kappa shape index (κ2) is 6.47. The normalized spacial score (nSPS) is 9.23. The monoisotopic (exact) mass is 204 g/mol. The molecule has 0 aliphatic carbocycles. The molecule has 0 bridgehead atoms. The third-order valence-electron chi connectivity index (χ3n) is 1.19. The molecule has 0 aromatic rings. The lowest BCUT2D eigenvalue weighted by atomic mass is 10.2. The molecule has 0 saturated carbocycles. The average molecular weight is 204 g/mol. The molecule has 0 fully saturated rings. The lowest BCUT2D eigenvalue weighted by Gasteiger charge is -2.11. The highest BCUT2D eigenvalue weighted by Crippen LogP contribution is 1.85. The van der Waals surface area contributed by atoms with E-state index in [9.17, 15) is 4.79 Å². The van der Waals surface area contributed by atoms with Crippen LogP contribution in [0.1, 0.15) is 13.8 Å². The van der Waals surface area contributed by atoms with E-state index in [2.05, 4.69) is 21.5 Å². The number of nitrogens with one attached hydrogen (secondary N) is 4. The van der Waals surface area contributed by atoms with Crippen molar-refractivity contribution in [2.45, 2.75) is 13.8 Å². The summed E-state index contributed by atoms with van der Waals surface area (Å²) in [4.78, 5) is 11.0. The van der Waals surface area contributed by atoms with Crippen molar-refractivity contribution in [1.29, 1.82) is 0 Å². The fourth-order valence-corrected chi connectivity index (χ4v) is 0.568. The van der Waals surface area contributed by atoms with Crippen molar-refractivity contribution in [3.05, 3.63) is 0 Å². The molecule has 0 aliphatic heterocycles. The number of urea groups is 1. The van der Waals surface area contributed by atoms with Gasteiger partial charge in [0.2, 0.25) is 0 Å². The van der Waals surface area contributed by atoms with Crippen LogP contribution in [-0.2, 0) is 0 Å². The van der Waals surface area contributed by atoms with Crippen LogP contribution in [0.4, 0.5) is 4.79 Å². The van der Waals surface area contributed by atoms with Crippen LogP contribution in [0.2, 0.25) is 0 Å². The molecule has 0 radical (unpaired) electrons. The Balaban J connectivity index is 3.46. The first kappa shape index (κ1) is 12.0. The Morgan fingerprint density at radius 3 is 2.46 bits per heavy atom. The standard InChI is InChI=1S/C7H16N4OS/c1-5(2)4-9-6(12)10-11-7(13)8-3/h5H,4H2,1-3H3,(H2,8,11,13)(H2,9,10,12). The van der Waals surface area contributed by atoms with Crippen molar-refractivity contribution < 1.29 is 4.79 Å². The van der Waals surface area contributed by atoms with Gasteiger partial charge >= 0.3 is 6.03 Å². The first-order valence-corrected chi connectivity index (χ1v) is 4.48. The lowest BCUT2D eigenvalue weighted by molar-refractivity contribution is 0.238. The van der Waals surface area contributed by atoms with E-state index in [0.29, 0.717) is 17.6 Å². The molecule has 6 heteroatoms. The zero-order valence-electron chi connectivity index (χ0n) is 8.10. The summed E-state index contributed by atoms with van der Waals surface area (Å²) in [6, 6.07) is -0.286. The molecule has 0 atom stereocenters. The Kier molecular flexibility index (Phi) is 5.96. The molecule has 0 spiro atoms. The summed E-state index contributed by atoms with van der Waals surface area (Å²) in [5, 5.41) is 5.70. The number of carbonyl (C=O) groups excluding carboxylic acids is 1. The van der Waals surface area contributed by atoms with Gasteiger partial charge in [-0.05, 0) is 18.1 Å². The molecule has 4 N–H and O–H groups in total. The predicted octanol–water partition coefficient (Wildman–Crippen LogP) is -0.0495. The number of hydrogen-bond acceptors (Lipinski definition) is 2. The number of carbonyl (C=O) groups is 1. The van der Waals surface area contributed by atoms with Gasteiger partial charge in [-0.2, -0.15) is 0 Å². The highest BCUT2D eigenvalue weighted by molar-refractivity contribution is 7.80. The Bertz CT molecular complexity index is 183. The minimum absolute atomic E-state index is 0.286. The van der Waals surface area contributed by atoms with E-state index in [0.717, 1.165) is 0 Å². The molecule has 5 nitrogen and oxygen atoms in total. The van der Waals surface area contributed by atoms with Crippen LogP contribution >= 0.6 is 12.2 Å². The molecule has 0 heterocycles. The van der Waals surface area contributed by atoms with Gasteiger partial charge in [0.05, 0.1) is 0 Å². The minimum atomic E-state index is -0.286. The van der Waals surface area contributed by atoms with Crippen LogP contribution in [0.25, 0.3) is 0 Å². The van der Waals surface area contributed by atoms with Crippen molar-refractivity contribution >= 4 is 23.4 Å². The second-order valence-corrected chi connectivity index (χ2v) is 3.34. The SMILES string of the molecule is CNC(=S)NNC(=O)NCC(C)C. The van der Waals surface area contributed by atoms with Crippen LogP contribution in [0, 0.1) is 5.92 Å². The smallest absolute Gasteiger partial charge is 0.333 e. The zero-order valence-corrected chi connectivity index (χ0v) is 8.92. The van der Waals surface area contributed by atoms with Crippen LogP contribution in [-0.4, -0.2) is 24.7 Å². The Morgan fingerprint density at radius 2 is 2.00 bits per heavy atom. The Morgan fingerprint density at radius 1 is 1.38 bits per heavy atom. The molecule has 0 unspecified atom stereocenters. The van der Waals surface area contributed by atoms with Crippen molar-refractivity contribution in [2.75, 3.05) is 13.6 Å². The molecule has 76 valence electrons. The molecule has 13 heavy (non-hydrogen) atoms. The summed E-state index contributed by atoms with van der Waals surface area (Å²) >= 11 is 4.74. The first-order valence-electron chi connectivity index (χ1n) is 4.07. The van der Waals surface area contributed by atoms with Crippen LogP contribution in [0.3, 0.4) is 0 Å². The quantitative estimate of drug-likeness (QED) is 0.376. The van der Waals surface area contributed by atoms with Crippen LogP contribution in [0.5, 0.6) is 0 Å². The molecule has 0 rings (SSSR count). The number of amides is 2. The second-order valence-electron chi connectivity index (χ2n) is 2.93. The fourth-order valence-electron chi connectivity index (χ4n) is 0.517. The summed E-state index contributed by atoms with van der Waals surface area (Å²) in [5.41, 5.74) is 4.90. The van der Waals surface area contributed by atoms with Crippen LogP contribution in [0.15, 0.2) is 0 Å². The third kappa shape index (κ3) is 7.32. The number of hydrogen-bond donors (Lipinski definition) is 4. The summed E-state index contributed by atoms with van der Waals surface area (Å²) in [5.74, 6) is 0.432. The van der Waals surface area contributed by atoms with E-state index in [-0.39, 0.29) is 6.03 Å². The van der Waals surface area contributed by atoms with Gasteiger partial charge < -0.3 is 10.6 Å². The number of hydrazine groups is 1. The van der Waals surface area contributed by atoms with Gasteiger partial charge in [0.25, 0.3) is 0 Å². The maximum Gasteiger partial charge on any atom is 0.333 e. The Hall–Kier alpha value is -1.04. The zero-order chi connectivity index (χ0) is 10.3. The van der Waals surface area contributed by atoms with E-state index >= 15 is 0 Å². The summed E-state index contributed by atoms with van der Waals surface area (Å²) in [7, 11) is 1.67. The number of rotatable bonds is 2. The van der Waals surface area contributed by atoms with E-state index < -0.39 is 0 Å². The summed E-state index contributed by atoms with van der Waals surface area (Å²) in [6.45, 7) is 4.68. The lowest BCUT2D eigenvalue weighted by Crippen LogP contribution is -2.50. The summed E-state index contributed by atoms with van der Waals surface area (Å²) < 4.78 is 0. The van der Waals surface area contributed by atoms with Gasteiger partial charge in [-0.25, -0.2) is 10.2 Å². The van der Waals surface area contributed by atoms with E-state index in [4.69, 9.17) is 12.2 Å². The molecule has 0 aliphatic rings. The maximum absolute atomic E-state index is 11.0. The highest BCUT2D eigenvalue weighted by atomic mass is 32.1. The van der Waals surface area contributed by atoms with Crippen molar-refractivity contribution in [3.63, 3.8) is 0 Å². The molecular weight excluding hydrogens is 188 g/mol. The molecule has 0 aromatic carbocycles. The molecular formula is C7H16N4OS. The minimum Gasteiger partial charge on any atom is -0.364 e. The van der Waals surface area contributed by atoms with E-state index in [1.165, 1.54) is 0 Å². The maximum atomic E-state index is 11.0. The first-order chi connectivity index (χ1) is 6.06. The van der Waals surface area contributed by atoms with Gasteiger partial charge in [-0.3, -0.25) is 5.43 Å². The topological polar surface area (TPSA) is 65.2 Å². The van der Waals surface area contributed by atoms with Crippen molar-refractivity contribution in [2.24, 2.45) is 5.92 Å². The van der Waals surface area contributed by atoms with Gasteiger partial charge in [0, 0.05) is 13.6 Å². The van der Waals surface area contributed by atoms with Gasteiger partial charge in [-0.15, -0.1) is 0 Å². The van der Waals surface area contributed by atoms with Gasteiger partial charge in [0.1, 0.15) is 0 Å². The fraction of sp³-hybridized carbons (Fsp3) is 0.714. The van der Waals surface area contributed by atoms with E-state index in [1.54, 1.807) is 7.05 Å². The van der Waals surface area contributed by atoms with Crippen molar-refractivity contribution in [1.82, 2.24) is 21.5 Å². The molecule has 0 saturated heterocycles. The van der Waals surface area contributed by atoms with Gasteiger partial charge in [-0.1, -0.05) is 13.8 Å². The largest absolute Gasteiger partial charge is 0.364 e. The number of thiocarbonyl (C=S) groups is 1. The third-order valence-corrected chi connectivity index (χ3v) is 1.49. The van der Waals surface area contributed by atoms with Gasteiger partial charge in [0.15, 0.2) is 5.11 Å².